The van der Waals surface area contributed by atoms with E-state index >= 15 is 0 Å². The molecule has 0 bridgehead atoms. The summed E-state index contributed by atoms with van der Waals surface area (Å²) in [5.41, 5.74) is -2.89. The van der Waals surface area contributed by atoms with Crippen LogP contribution < -0.4 is 19.7 Å². The van der Waals surface area contributed by atoms with E-state index in [1.165, 1.54) is 18.2 Å². The molecule has 1 atom stereocenters. The summed E-state index contributed by atoms with van der Waals surface area (Å²) >= 11 is 0. The number of fused-ring (bicyclic) bond motifs is 1. The summed E-state index contributed by atoms with van der Waals surface area (Å²) in [5, 5.41) is 4.93. The fourth-order valence-corrected chi connectivity index (χ4v) is 5.72. The SMILES string of the molecule is COC1CC(C(=O)NCC2CN(S(=O)(=O)c3ccc(F)cc3)c3cc(NC(=O)OC(C)(C)C(F)(F)F)ccc3O2)C1. The average molecular weight is 604 g/mol. The fourth-order valence-electron chi connectivity index (χ4n) is 4.22. The maximum Gasteiger partial charge on any atom is 0.427 e. The zero-order valence-electron chi connectivity index (χ0n) is 22.3. The first-order valence-corrected chi connectivity index (χ1v) is 14.0. The monoisotopic (exact) mass is 603 g/mol. The third-order valence-electron chi connectivity index (χ3n) is 6.87. The quantitative estimate of drug-likeness (QED) is 0.434. The van der Waals surface area contributed by atoms with Gasteiger partial charge in [-0.2, -0.15) is 13.2 Å². The van der Waals surface area contributed by atoms with Crippen molar-refractivity contribution in [2.75, 3.05) is 29.8 Å². The van der Waals surface area contributed by atoms with Crippen LogP contribution in [0.25, 0.3) is 0 Å². The lowest BCUT2D eigenvalue weighted by molar-refractivity contribution is -0.242. The molecule has 1 fully saturated rings. The van der Waals surface area contributed by atoms with E-state index in [9.17, 15) is 35.6 Å². The molecule has 10 nitrogen and oxygen atoms in total. The van der Waals surface area contributed by atoms with Crippen molar-refractivity contribution in [2.45, 2.75) is 55.6 Å². The summed E-state index contributed by atoms with van der Waals surface area (Å²) in [4.78, 5) is 24.5. The first-order valence-electron chi connectivity index (χ1n) is 12.6. The molecule has 224 valence electrons. The number of nitrogens with one attached hydrogen (secondary N) is 2. The van der Waals surface area contributed by atoms with Gasteiger partial charge in [0.1, 0.15) is 17.7 Å². The summed E-state index contributed by atoms with van der Waals surface area (Å²) in [6.45, 7) is 1.07. The molecule has 1 heterocycles. The van der Waals surface area contributed by atoms with Gasteiger partial charge in [0.2, 0.25) is 11.5 Å². The summed E-state index contributed by atoms with van der Waals surface area (Å²) in [6, 6.07) is 7.95. The van der Waals surface area contributed by atoms with Crippen LogP contribution in [-0.4, -0.2) is 64.6 Å². The molecule has 1 saturated carbocycles. The molecule has 2 N–H and O–H groups in total. The van der Waals surface area contributed by atoms with E-state index in [4.69, 9.17) is 9.47 Å². The van der Waals surface area contributed by atoms with Gasteiger partial charge in [-0.1, -0.05) is 0 Å². The number of methoxy groups -OCH3 is 1. The number of nitrogens with zero attached hydrogens (tertiary/aromatic N) is 1. The Hall–Kier alpha value is -3.59. The Labute approximate surface area is 234 Å². The smallest absolute Gasteiger partial charge is 0.427 e. The topological polar surface area (TPSA) is 123 Å². The van der Waals surface area contributed by atoms with Gasteiger partial charge in [0.15, 0.2) is 0 Å². The number of anilines is 2. The predicted molar refractivity (Wildman–Crippen MR) is 139 cm³/mol. The van der Waals surface area contributed by atoms with Gasteiger partial charge in [-0.15, -0.1) is 0 Å². The van der Waals surface area contributed by atoms with Crippen LogP contribution in [0.3, 0.4) is 0 Å². The number of halogens is 4. The van der Waals surface area contributed by atoms with E-state index < -0.39 is 39.8 Å². The Kier molecular flexibility index (Phi) is 8.41. The Bertz CT molecular complexity index is 1390. The molecule has 1 unspecified atom stereocenters. The number of ether oxygens (including phenoxy) is 3. The third-order valence-corrected chi connectivity index (χ3v) is 8.67. The van der Waals surface area contributed by atoms with E-state index in [0.29, 0.717) is 26.7 Å². The first-order chi connectivity index (χ1) is 19.1. The van der Waals surface area contributed by atoms with Crippen LogP contribution in [0.1, 0.15) is 26.7 Å². The van der Waals surface area contributed by atoms with Crippen molar-refractivity contribution >= 4 is 33.4 Å². The van der Waals surface area contributed by atoms with Crippen LogP contribution in [0.15, 0.2) is 47.4 Å². The minimum absolute atomic E-state index is 0.0134. The molecular weight excluding hydrogens is 574 g/mol. The predicted octanol–water partition coefficient (Wildman–Crippen LogP) is 4.21. The Morgan fingerprint density at radius 1 is 1.10 bits per heavy atom. The van der Waals surface area contributed by atoms with E-state index in [-0.39, 0.29) is 53.0 Å². The Balaban J connectivity index is 1.57. The summed E-state index contributed by atoms with van der Waals surface area (Å²) in [6.07, 6.45) is -5.91. The number of amides is 2. The third kappa shape index (κ3) is 6.67. The van der Waals surface area contributed by atoms with E-state index in [0.717, 1.165) is 28.6 Å². The minimum atomic E-state index is -4.83. The number of carbonyl (C=O) groups excluding carboxylic acids is 2. The number of hydrogen-bond donors (Lipinski definition) is 2. The maximum absolute atomic E-state index is 13.6. The number of carbonyl (C=O) groups is 2. The summed E-state index contributed by atoms with van der Waals surface area (Å²) in [7, 11) is -2.75. The molecule has 0 radical (unpaired) electrons. The maximum atomic E-state index is 13.6. The highest BCUT2D eigenvalue weighted by Gasteiger charge is 2.51. The number of sulfonamides is 1. The molecule has 2 amide bonds. The van der Waals surface area contributed by atoms with Gasteiger partial charge in [-0.05, 0) is 69.2 Å². The van der Waals surface area contributed by atoms with Gasteiger partial charge >= 0.3 is 12.3 Å². The van der Waals surface area contributed by atoms with Crippen molar-refractivity contribution in [1.82, 2.24) is 5.32 Å². The second-order valence-electron chi connectivity index (χ2n) is 10.2. The molecule has 2 aromatic carbocycles. The number of hydrogen-bond acceptors (Lipinski definition) is 7. The standard InChI is InChI=1S/C26H29F4N3O7S/c1-25(2,26(28,29)30)40-24(35)32-17-6-9-22-21(12-17)33(41(36,37)20-7-4-16(27)5-8-20)14-19(39-22)13-31-23(34)15-10-18(11-15)38-3/h4-9,12,15,18-19H,10-11,13-14H2,1-3H3,(H,31,34)(H,32,35). The van der Waals surface area contributed by atoms with Crippen molar-refractivity contribution in [3.05, 3.63) is 48.3 Å². The van der Waals surface area contributed by atoms with Crippen molar-refractivity contribution in [3.8, 4) is 5.75 Å². The van der Waals surface area contributed by atoms with Crippen LogP contribution in [0, 0.1) is 11.7 Å². The van der Waals surface area contributed by atoms with Crippen LogP contribution in [0.2, 0.25) is 0 Å². The molecule has 15 heteroatoms. The van der Waals surface area contributed by atoms with E-state index in [1.807, 2.05) is 0 Å². The van der Waals surface area contributed by atoms with Crippen molar-refractivity contribution in [1.29, 1.82) is 0 Å². The van der Waals surface area contributed by atoms with Crippen LogP contribution in [-0.2, 0) is 24.3 Å². The number of benzene rings is 2. The number of rotatable bonds is 8. The molecule has 0 spiro atoms. The Morgan fingerprint density at radius 3 is 2.37 bits per heavy atom. The number of alkyl halides is 3. The lowest BCUT2D eigenvalue weighted by Crippen LogP contribution is -2.50. The lowest BCUT2D eigenvalue weighted by atomic mass is 9.81. The largest absolute Gasteiger partial charge is 0.484 e. The summed E-state index contributed by atoms with van der Waals surface area (Å²) < 4.78 is 96.7. The van der Waals surface area contributed by atoms with Gasteiger partial charge in [0.25, 0.3) is 10.0 Å². The van der Waals surface area contributed by atoms with Crippen molar-refractivity contribution in [3.63, 3.8) is 0 Å². The molecule has 2 aliphatic rings. The van der Waals surface area contributed by atoms with Crippen LogP contribution >= 0.6 is 0 Å². The molecule has 0 aromatic heterocycles. The normalized spacial score (nSPS) is 20.8. The molecule has 0 saturated heterocycles. The first kappa shape index (κ1) is 30.4. The molecule has 1 aliphatic carbocycles. The molecular formula is C26H29F4N3O7S. The minimum Gasteiger partial charge on any atom is -0.484 e. The van der Waals surface area contributed by atoms with Gasteiger partial charge < -0.3 is 19.5 Å². The zero-order chi connectivity index (χ0) is 30.2. The van der Waals surface area contributed by atoms with Crippen molar-refractivity contribution in [2.24, 2.45) is 5.92 Å². The summed E-state index contributed by atoms with van der Waals surface area (Å²) in [5.74, 6) is -1.03. The van der Waals surface area contributed by atoms with Crippen LogP contribution in [0.5, 0.6) is 5.75 Å². The van der Waals surface area contributed by atoms with Gasteiger partial charge in [0, 0.05) is 18.7 Å². The van der Waals surface area contributed by atoms with Gasteiger partial charge in [-0.3, -0.25) is 14.4 Å². The fraction of sp³-hybridized carbons (Fsp3) is 0.462. The average Bonchev–Trinajstić information content (AvgIpc) is 2.85. The molecule has 2 aromatic rings. The molecule has 1 aliphatic heterocycles. The zero-order valence-corrected chi connectivity index (χ0v) is 23.1. The highest BCUT2D eigenvalue weighted by atomic mass is 32.2. The van der Waals surface area contributed by atoms with Crippen LogP contribution in [0.4, 0.5) is 33.7 Å². The van der Waals surface area contributed by atoms with Crippen molar-refractivity contribution < 1.29 is 49.8 Å². The molecule has 41 heavy (non-hydrogen) atoms. The second-order valence-corrected chi connectivity index (χ2v) is 12.1. The Morgan fingerprint density at radius 2 is 1.76 bits per heavy atom. The van der Waals surface area contributed by atoms with E-state index in [2.05, 4.69) is 15.4 Å². The van der Waals surface area contributed by atoms with E-state index in [1.54, 1.807) is 7.11 Å². The lowest BCUT2D eigenvalue weighted by Gasteiger charge is -2.37. The molecule has 4 rings (SSSR count). The highest BCUT2D eigenvalue weighted by Crippen LogP contribution is 2.39. The highest BCUT2D eigenvalue weighted by molar-refractivity contribution is 7.92. The van der Waals surface area contributed by atoms with Gasteiger partial charge in [0.05, 0.1) is 29.8 Å². The second kappa shape index (κ2) is 11.4. The van der Waals surface area contributed by atoms with Gasteiger partial charge in [-0.25, -0.2) is 17.6 Å².